The van der Waals surface area contributed by atoms with Crippen LogP contribution >= 0.6 is 0 Å². The number of aromatic carboxylic acids is 1. The van der Waals surface area contributed by atoms with Gasteiger partial charge in [-0.3, -0.25) is 4.68 Å². The molecule has 1 N–H and O–H groups in total. The lowest BCUT2D eigenvalue weighted by Gasteiger charge is -2.08. The SMILES string of the molecule is CC(c1ccc(C(=O)O)o1)n1cc(S(C)(=O)=O)cn1. The Hall–Kier alpha value is -2.09. The maximum Gasteiger partial charge on any atom is 0.371 e. The molecule has 0 spiro atoms. The molecule has 0 fully saturated rings. The molecule has 0 saturated carbocycles. The van der Waals surface area contributed by atoms with Gasteiger partial charge in [0.15, 0.2) is 9.84 Å². The lowest BCUT2D eigenvalue weighted by atomic mass is 10.2. The van der Waals surface area contributed by atoms with E-state index in [4.69, 9.17) is 9.52 Å². The van der Waals surface area contributed by atoms with Gasteiger partial charge in [0, 0.05) is 12.5 Å². The Balaban J connectivity index is 2.31. The predicted molar refractivity (Wildman–Crippen MR) is 64.8 cm³/mol. The van der Waals surface area contributed by atoms with E-state index in [0.717, 1.165) is 6.26 Å². The number of furan rings is 1. The first-order valence-electron chi connectivity index (χ1n) is 5.36. The smallest absolute Gasteiger partial charge is 0.371 e. The van der Waals surface area contributed by atoms with Gasteiger partial charge in [-0.1, -0.05) is 0 Å². The summed E-state index contributed by atoms with van der Waals surface area (Å²) < 4.78 is 29.2. The van der Waals surface area contributed by atoms with Crippen LogP contribution in [0.4, 0.5) is 0 Å². The molecule has 0 aliphatic carbocycles. The van der Waals surface area contributed by atoms with Gasteiger partial charge >= 0.3 is 5.97 Å². The molecule has 1 unspecified atom stereocenters. The Kier molecular flexibility index (Phi) is 3.19. The summed E-state index contributed by atoms with van der Waals surface area (Å²) in [6, 6.07) is 2.47. The monoisotopic (exact) mass is 284 g/mol. The van der Waals surface area contributed by atoms with Gasteiger partial charge in [0.1, 0.15) is 16.7 Å². The van der Waals surface area contributed by atoms with Gasteiger partial charge in [-0.25, -0.2) is 13.2 Å². The Bertz CT molecular complexity index is 713. The summed E-state index contributed by atoms with van der Waals surface area (Å²) in [5.74, 6) is -0.936. The maximum absolute atomic E-state index is 11.3. The Labute approximate surface area is 109 Å². The molecule has 1 atom stereocenters. The van der Waals surface area contributed by atoms with Gasteiger partial charge in [-0.2, -0.15) is 5.10 Å². The highest BCUT2D eigenvalue weighted by atomic mass is 32.2. The minimum atomic E-state index is -3.31. The average molecular weight is 284 g/mol. The molecule has 19 heavy (non-hydrogen) atoms. The summed E-state index contributed by atoms with van der Waals surface area (Å²) in [7, 11) is -3.31. The van der Waals surface area contributed by atoms with Crippen LogP contribution in [-0.4, -0.2) is 35.5 Å². The minimum absolute atomic E-state index is 0.101. The largest absolute Gasteiger partial charge is 0.475 e. The van der Waals surface area contributed by atoms with Crippen molar-refractivity contribution in [3.8, 4) is 0 Å². The third kappa shape index (κ3) is 2.68. The quantitative estimate of drug-likeness (QED) is 0.904. The second kappa shape index (κ2) is 4.54. The second-order valence-corrected chi connectivity index (χ2v) is 6.13. The van der Waals surface area contributed by atoms with Crippen molar-refractivity contribution >= 4 is 15.8 Å². The van der Waals surface area contributed by atoms with Crippen LogP contribution in [0, 0.1) is 0 Å². The molecule has 0 bridgehead atoms. The first-order chi connectivity index (χ1) is 8.79. The fraction of sp³-hybridized carbons (Fsp3) is 0.273. The van der Waals surface area contributed by atoms with E-state index in [0.29, 0.717) is 5.76 Å². The van der Waals surface area contributed by atoms with Crippen molar-refractivity contribution in [2.45, 2.75) is 17.9 Å². The van der Waals surface area contributed by atoms with Crippen LogP contribution in [0.3, 0.4) is 0 Å². The molecule has 0 aliphatic heterocycles. The van der Waals surface area contributed by atoms with Gasteiger partial charge in [0.05, 0.1) is 6.20 Å². The Morgan fingerprint density at radius 2 is 2.16 bits per heavy atom. The van der Waals surface area contributed by atoms with E-state index in [2.05, 4.69) is 5.10 Å². The van der Waals surface area contributed by atoms with Crippen molar-refractivity contribution in [3.05, 3.63) is 36.0 Å². The van der Waals surface area contributed by atoms with Crippen molar-refractivity contribution in [1.82, 2.24) is 9.78 Å². The van der Waals surface area contributed by atoms with E-state index in [1.165, 1.54) is 29.2 Å². The summed E-state index contributed by atoms with van der Waals surface area (Å²) in [6.07, 6.45) is 3.71. The van der Waals surface area contributed by atoms with Crippen LogP contribution in [0.2, 0.25) is 0 Å². The summed E-state index contributed by atoms with van der Waals surface area (Å²) >= 11 is 0. The number of carbonyl (C=O) groups is 1. The molecule has 0 aromatic carbocycles. The van der Waals surface area contributed by atoms with Gasteiger partial charge in [-0.15, -0.1) is 0 Å². The summed E-state index contributed by atoms with van der Waals surface area (Å²) in [6.45, 7) is 1.73. The van der Waals surface area contributed by atoms with Crippen LogP contribution in [-0.2, 0) is 9.84 Å². The standard InChI is InChI=1S/C11H12N2O5S/c1-7(9-3-4-10(18-9)11(14)15)13-6-8(5-12-13)19(2,16)17/h3-7H,1-2H3,(H,14,15). The van der Waals surface area contributed by atoms with E-state index in [-0.39, 0.29) is 10.7 Å². The molecule has 2 rings (SSSR count). The third-order valence-electron chi connectivity index (χ3n) is 2.65. The third-order valence-corrected chi connectivity index (χ3v) is 3.72. The molecule has 7 nitrogen and oxygen atoms in total. The van der Waals surface area contributed by atoms with Crippen molar-refractivity contribution in [3.63, 3.8) is 0 Å². The second-order valence-electron chi connectivity index (χ2n) is 4.11. The number of aromatic nitrogens is 2. The molecular formula is C11H12N2O5S. The lowest BCUT2D eigenvalue weighted by molar-refractivity contribution is 0.0659. The highest BCUT2D eigenvalue weighted by Crippen LogP contribution is 2.21. The fourth-order valence-corrected chi connectivity index (χ4v) is 2.08. The highest BCUT2D eigenvalue weighted by molar-refractivity contribution is 7.90. The number of rotatable bonds is 4. The van der Waals surface area contributed by atoms with Gasteiger partial charge in [-0.05, 0) is 19.1 Å². The number of carboxylic acids is 1. The minimum Gasteiger partial charge on any atom is -0.475 e. The lowest BCUT2D eigenvalue weighted by Crippen LogP contribution is -2.06. The van der Waals surface area contributed by atoms with Gasteiger partial charge < -0.3 is 9.52 Å². The molecule has 2 aromatic heterocycles. The van der Waals surface area contributed by atoms with Gasteiger partial charge in [0.25, 0.3) is 0 Å². The van der Waals surface area contributed by atoms with Crippen molar-refractivity contribution in [2.24, 2.45) is 0 Å². The molecule has 8 heteroatoms. The first-order valence-corrected chi connectivity index (χ1v) is 7.25. The summed E-state index contributed by atoms with van der Waals surface area (Å²) in [5, 5.41) is 12.7. The number of hydrogen-bond acceptors (Lipinski definition) is 5. The molecule has 0 aliphatic rings. The number of sulfone groups is 1. The van der Waals surface area contributed by atoms with Gasteiger partial charge in [0.2, 0.25) is 5.76 Å². The van der Waals surface area contributed by atoms with E-state index >= 15 is 0 Å². The number of hydrogen-bond donors (Lipinski definition) is 1. The zero-order valence-corrected chi connectivity index (χ0v) is 11.1. The van der Waals surface area contributed by atoms with Crippen LogP contribution in [0.5, 0.6) is 0 Å². The van der Waals surface area contributed by atoms with E-state index in [1.54, 1.807) is 6.92 Å². The summed E-state index contributed by atoms with van der Waals surface area (Å²) in [5.41, 5.74) is 0. The van der Waals surface area contributed by atoms with Crippen molar-refractivity contribution in [1.29, 1.82) is 0 Å². The van der Waals surface area contributed by atoms with Crippen LogP contribution in [0.1, 0.15) is 29.3 Å². The number of nitrogens with zero attached hydrogens (tertiary/aromatic N) is 2. The molecule has 2 heterocycles. The van der Waals surface area contributed by atoms with Crippen LogP contribution in [0.15, 0.2) is 33.8 Å². The zero-order valence-electron chi connectivity index (χ0n) is 10.3. The van der Waals surface area contributed by atoms with E-state index in [9.17, 15) is 13.2 Å². The van der Waals surface area contributed by atoms with Crippen molar-refractivity contribution in [2.75, 3.05) is 6.26 Å². The topological polar surface area (TPSA) is 102 Å². The average Bonchev–Trinajstić information content (AvgIpc) is 2.97. The molecule has 102 valence electrons. The zero-order chi connectivity index (χ0) is 14.2. The highest BCUT2D eigenvalue weighted by Gasteiger charge is 2.18. The number of carboxylic acid groups (broad SMARTS) is 1. The molecule has 0 saturated heterocycles. The molecule has 0 radical (unpaired) electrons. The fourth-order valence-electron chi connectivity index (χ4n) is 1.55. The van der Waals surface area contributed by atoms with E-state index in [1.807, 2.05) is 0 Å². The van der Waals surface area contributed by atoms with E-state index < -0.39 is 21.8 Å². The molecule has 0 amide bonds. The summed E-state index contributed by atoms with van der Waals surface area (Å²) in [4.78, 5) is 10.8. The van der Waals surface area contributed by atoms with Crippen LogP contribution in [0.25, 0.3) is 0 Å². The maximum atomic E-state index is 11.3. The van der Waals surface area contributed by atoms with Crippen LogP contribution < -0.4 is 0 Å². The Morgan fingerprint density at radius 3 is 2.63 bits per heavy atom. The molecule has 2 aromatic rings. The predicted octanol–water partition coefficient (Wildman–Crippen LogP) is 1.19. The normalized spacial score (nSPS) is 13.4. The molecular weight excluding hydrogens is 272 g/mol. The van der Waals surface area contributed by atoms with Crippen molar-refractivity contribution < 1.29 is 22.7 Å². The first kappa shape index (κ1) is 13.3. The Morgan fingerprint density at radius 1 is 1.47 bits per heavy atom.